The summed E-state index contributed by atoms with van der Waals surface area (Å²) in [6.07, 6.45) is 1.52. The Morgan fingerprint density at radius 1 is 1.23 bits per heavy atom. The second-order valence-electron chi connectivity index (χ2n) is 5.75. The van der Waals surface area contributed by atoms with Gasteiger partial charge in [-0.3, -0.25) is 4.79 Å². The van der Waals surface area contributed by atoms with Crippen LogP contribution in [0.15, 0.2) is 36.5 Å². The second kappa shape index (κ2) is 6.22. The summed E-state index contributed by atoms with van der Waals surface area (Å²) in [5, 5.41) is 14.8. The molecule has 0 aliphatic carbocycles. The topological polar surface area (TPSA) is 90.7 Å². The largest absolute Gasteiger partial charge is 0.350 e. The van der Waals surface area contributed by atoms with Gasteiger partial charge in [0.2, 0.25) is 5.95 Å². The van der Waals surface area contributed by atoms with Gasteiger partial charge < -0.3 is 10.6 Å². The molecular weight excluding hydrogens is 278 g/mol. The Morgan fingerprint density at radius 3 is 2.64 bits per heavy atom. The van der Waals surface area contributed by atoms with Crippen LogP contribution < -0.4 is 10.6 Å². The number of nitrogens with zero attached hydrogens (tertiary/aromatic N) is 3. The van der Waals surface area contributed by atoms with E-state index in [-0.39, 0.29) is 17.1 Å². The fraction of sp³-hybridized carbons (Fsp3) is 0.250. The summed E-state index contributed by atoms with van der Waals surface area (Å²) in [6, 6.07) is 10.4. The van der Waals surface area contributed by atoms with E-state index in [1.807, 2.05) is 26.8 Å². The molecule has 0 radical (unpaired) electrons. The Balaban J connectivity index is 2.20. The molecule has 2 N–H and O–H groups in total. The molecule has 2 aromatic rings. The molecule has 112 valence electrons. The van der Waals surface area contributed by atoms with Gasteiger partial charge in [0.15, 0.2) is 0 Å². The lowest BCUT2D eigenvalue weighted by Gasteiger charge is -2.20. The van der Waals surface area contributed by atoms with Gasteiger partial charge in [0.1, 0.15) is 11.8 Å². The Hall–Kier alpha value is -2.94. The molecule has 0 saturated carbocycles. The van der Waals surface area contributed by atoms with Crippen LogP contribution in [0.2, 0.25) is 0 Å². The third-order valence-corrected chi connectivity index (χ3v) is 2.67. The van der Waals surface area contributed by atoms with Crippen molar-refractivity contribution in [2.45, 2.75) is 26.3 Å². The molecule has 0 unspecified atom stereocenters. The van der Waals surface area contributed by atoms with Crippen molar-refractivity contribution < 1.29 is 4.79 Å². The summed E-state index contributed by atoms with van der Waals surface area (Å²) in [6.45, 7) is 5.94. The standard InChI is InChI=1S/C16H17N5O/c1-16(2,3)21-15-18-9-8-13(20-15)14(22)19-12-7-5-4-6-11(12)10-17/h4-9H,1-3H3,(H,19,22)(H,18,20,21). The fourth-order valence-electron chi connectivity index (χ4n) is 1.76. The predicted molar refractivity (Wildman–Crippen MR) is 84.5 cm³/mol. The predicted octanol–water partition coefficient (Wildman–Crippen LogP) is 2.81. The first kappa shape index (κ1) is 15.4. The molecule has 6 nitrogen and oxygen atoms in total. The lowest BCUT2D eigenvalue weighted by molar-refractivity contribution is 0.102. The van der Waals surface area contributed by atoms with Gasteiger partial charge in [-0.25, -0.2) is 9.97 Å². The van der Waals surface area contributed by atoms with Crippen molar-refractivity contribution in [3.05, 3.63) is 47.8 Å². The lowest BCUT2D eigenvalue weighted by Crippen LogP contribution is -2.28. The number of hydrogen-bond acceptors (Lipinski definition) is 5. The summed E-state index contributed by atoms with van der Waals surface area (Å²) >= 11 is 0. The maximum Gasteiger partial charge on any atom is 0.274 e. The molecule has 0 fully saturated rings. The van der Waals surface area contributed by atoms with E-state index in [4.69, 9.17) is 5.26 Å². The minimum atomic E-state index is -0.387. The van der Waals surface area contributed by atoms with Crippen LogP contribution in [-0.4, -0.2) is 21.4 Å². The molecule has 6 heteroatoms. The first-order valence-corrected chi connectivity index (χ1v) is 6.81. The first-order chi connectivity index (χ1) is 10.4. The smallest absolute Gasteiger partial charge is 0.274 e. The summed E-state index contributed by atoms with van der Waals surface area (Å²) in [7, 11) is 0. The second-order valence-corrected chi connectivity index (χ2v) is 5.75. The number of benzene rings is 1. The Kier molecular flexibility index (Phi) is 4.37. The van der Waals surface area contributed by atoms with Crippen LogP contribution in [-0.2, 0) is 0 Å². The third-order valence-electron chi connectivity index (χ3n) is 2.67. The van der Waals surface area contributed by atoms with Crippen molar-refractivity contribution in [3.8, 4) is 6.07 Å². The third kappa shape index (κ3) is 4.03. The average molecular weight is 295 g/mol. The van der Waals surface area contributed by atoms with Crippen molar-refractivity contribution in [2.24, 2.45) is 0 Å². The summed E-state index contributed by atoms with van der Waals surface area (Å²) in [4.78, 5) is 20.5. The number of anilines is 2. The zero-order valence-electron chi connectivity index (χ0n) is 12.7. The zero-order chi connectivity index (χ0) is 16.2. The number of hydrogen-bond donors (Lipinski definition) is 2. The van der Waals surface area contributed by atoms with Crippen molar-refractivity contribution in [3.63, 3.8) is 0 Å². The van der Waals surface area contributed by atoms with Gasteiger partial charge in [0, 0.05) is 11.7 Å². The molecule has 2 rings (SSSR count). The molecule has 22 heavy (non-hydrogen) atoms. The van der Waals surface area contributed by atoms with Crippen LogP contribution in [0, 0.1) is 11.3 Å². The number of carbonyl (C=O) groups excluding carboxylic acids is 1. The van der Waals surface area contributed by atoms with Crippen LogP contribution in [0.1, 0.15) is 36.8 Å². The molecular formula is C16H17N5O. The van der Waals surface area contributed by atoms with Gasteiger partial charge in [-0.2, -0.15) is 5.26 Å². The van der Waals surface area contributed by atoms with Crippen molar-refractivity contribution in [1.82, 2.24) is 9.97 Å². The minimum Gasteiger partial charge on any atom is -0.350 e. The van der Waals surface area contributed by atoms with E-state index < -0.39 is 0 Å². The van der Waals surface area contributed by atoms with Gasteiger partial charge in [0.05, 0.1) is 11.3 Å². The summed E-state index contributed by atoms with van der Waals surface area (Å²) in [5.41, 5.74) is 0.883. The SMILES string of the molecule is CC(C)(C)Nc1nccc(C(=O)Nc2ccccc2C#N)n1. The number of carbonyl (C=O) groups is 1. The summed E-state index contributed by atoms with van der Waals surface area (Å²) < 4.78 is 0. The molecule has 1 aromatic carbocycles. The van der Waals surface area contributed by atoms with E-state index in [2.05, 4.69) is 20.6 Å². The van der Waals surface area contributed by atoms with E-state index in [9.17, 15) is 4.79 Å². The van der Waals surface area contributed by atoms with E-state index >= 15 is 0 Å². The molecule has 1 heterocycles. The van der Waals surface area contributed by atoms with Crippen LogP contribution in [0.3, 0.4) is 0 Å². The number of aromatic nitrogens is 2. The molecule has 1 amide bonds. The molecule has 0 atom stereocenters. The summed E-state index contributed by atoms with van der Waals surface area (Å²) in [5.74, 6) is -0.00391. The van der Waals surface area contributed by atoms with Crippen LogP contribution in [0.5, 0.6) is 0 Å². The van der Waals surface area contributed by atoms with E-state index in [1.54, 1.807) is 24.3 Å². The zero-order valence-corrected chi connectivity index (χ0v) is 12.7. The Morgan fingerprint density at radius 2 is 1.95 bits per heavy atom. The molecule has 0 saturated heterocycles. The normalized spacial score (nSPS) is 10.6. The van der Waals surface area contributed by atoms with Gasteiger partial charge in [-0.15, -0.1) is 0 Å². The molecule has 0 bridgehead atoms. The Bertz CT molecular complexity index is 728. The highest BCUT2D eigenvalue weighted by Gasteiger charge is 2.14. The van der Waals surface area contributed by atoms with Gasteiger partial charge >= 0.3 is 0 Å². The van der Waals surface area contributed by atoms with Crippen LogP contribution >= 0.6 is 0 Å². The Labute approximate surface area is 129 Å². The van der Waals surface area contributed by atoms with E-state index in [0.717, 1.165) is 0 Å². The quantitative estimate of drug-likeness (QED) is 0.908. The van der Waals surface area contributed by atoms with E-state index in [0.29, 0.717) is 17.2 Å². The van der Waals surface area contributed by atoms with Crippen molar-refractivity contribution in [1.29, 1.82) is 5.26 Å². The minimum absolute atomic E-state index is 0.206. The maximum absolute atomic E-state index is 12.3. The average Bonchev–Trinajstić information content (AvgIpc) is 2.46. The van der Waals surface area contributed by atoms with E-state index in [1.165, 1.54) is 12.3 Å². The highest BCUT2D eigenvalue weighted by Crippen LogP contribution is 2.15. The molecule has 1 aromatic heterocycles. The monoisotopic (exact) mass is 295 g/mol. The van der Waals surface area contributed by atoms with Crippen LogP contribution in [0.25, 0.3) is 0 Å². The fourth-order valence-corrected chi connectivity index (χ4v) is 1.76. The number of nitriles is 1. The lowest BCUT2D eigenvalue weighted by atomic mass is 10.1. The number of para-hydroxylation sites is 1. The highest BCUT2D eigenvalue weighted by molar-refractivity contribution is 6.03. The number of nitrogens with one attached hydrogen (secondary N) is 2. The van der Waals surface area contributed by atoms with Gasteiger partial charge in [0.25, 0.3) is 5.91 Å². The number of rotatable bonds is 3. The van der Waals surface area contributed by atoms with Crippen molar-refractivity contribution in [2.75, 3.05) is 10.6 Å². The molecule has 0 spiro atoms. The highest BCUT2D eigenvalue weighted by atomic mass is 16.1. The van der Waals surface area contributed by atoms with Gasteiger partial charge in [-0.05, 0) is 39.0 Å². The molecule has 0 aliphatic rings. The maximum atomic E-state index is 12.3. The first-order valence-electron chi connectivity index (χ1n) is 6.81. The van der Waals surface area contributed by atoms with Crippen molar-refractivity contribution >= 4 is 17.5 Å². The number of amides is 1. The molecule has 0 aliphatic heterocycles. The van der Waals surface area contributed by atoms with Gasteiger partial charge in [-0.1, -0.05) is 12.1 Å². The van der Waals surface area contributed by atoms with Crippen LogP contribution in [0.4, 0.5) is 11.6 Å².